The number of hydrogen-bond acceptors (Lipinski definition) is 6. The smallest absolute Gasteiger partial charge is 0.256 e. The van der Waals surface area contributed by atoms with Crippen LogP contribution < -0.4 is 11.1 Å². The molecule has 3 N–H and O–H groups in total. The van der Waals surface area contributed by atoms with Gasteiger partial charge >= 0.3 is 0 Å². The number of thiophene rings is 1. The molecule has 4 rings (SSSR count). The number of primary amides is 1. The zero-order valence-corrected chi connectivity index (χ0v) is 22.0. The Morgan fingerprint density at radius 2 is 1.72 bits per heavy atom. The lowest BCUT2D eigenvalue weighted by Crippen LogP contribution is -2.30. The molecule has 8 nitrogen and oxygen atoms in total. The molecule has 190 valence electrons. The van der Waals surface area contributed by atoms with Crippen molar-refractivity contribution in [1.82, 2.24) is 9.21 Å². The molecule has 10 heteroatoms. The van der Waals surface area contributed by atoms with Gasteiger partial charge in [0.05, 0.1) is 10.5 Å². The van der Waals surface area contributed by atoms with Crippen molar-refractivity contribution in [2.75, 3.05) is 25.0 Å². The number of carbonyl (C=O) groups excluding carboxylic acids is 2. The van der Waals surface area contributed by atoms with Gasteiger partial charge in [0.15, 0.2) is 0 Å². The van der Waals surface area contributed by atoms with Crippen LogP contribution in [0.15, 0.2) is 59.5 Å². The van der Waals surface area contributed by atoms with Crippen molar-refractivity contribution in [3.05, 3.63) is 81.7 Å². The quantitative estimate of drug-likeness (QED) is 0.442. The van der Waals surface area contributed by atoms with Crippen LogP contribution in [0.1, 0.15) is 50.6 Å². The highest BCUT2D eigenvalue weighted by molar-refractivity contribution is 7.89. The molecule has 36 heavy (non-hydrogen) atoms. The largest absolute Gasteiger partial charge is 0.365 e. The van der Waals surface area contributed by atoms with Crippen molar-refractivity contribution in [1.29, 1.82) is 0 Å². The number of nitrogens with one attached hydrogen (secondary N) is 1. The first-order chi connectivity index (χ1) is 17.2. The monoisotopic (exact) mass is 526 g/mol. The zero-order chi connectivity index (χ0) is 25.9. The predicted molar refractivity (Wildman–Crippen MR) is 142 cm³/mol. The van der Waals surface area contributed by atoms with Gasteiger partial charge in [0, 0.05) is 43.2 Å². The maximum Gasteiger partial charge on any atom is 0.256 e. The van der Waals surface area contributed by atoms with Crippen molar-refractivity contribution >= 4 is 38.2 Å². The highest BCUT2D eigenvalue weighted by Gasteiger charge is 2.28. The third-order valence-corrected chi connectivity index (χ3v) is 9.51. The van der Waals surface area contributed by atoms with Crippen LogP contribution in [0.4, 0.5) is 5.00 Å². The standard InChI is InChI=1S/C26H30N4O4S2/c1-3-30(4-2)36(33,34)20-12-10-19(11-13-20)25(32)28-26-23(24(27)31)21-14-15-29(17-22(21)35-26)16-18-8-6-5-7-9-18/h5-13H,3-4,14-17H2,1-2H3,(H2,27,31)(H,28,32). The Morgan fingerprint density at radius 1 is 1.06 bits per heavy atom. The van der Waals surface area contributed by atoms with E-state index in [1.54, 1.807) is 13.8 Å². The second-order valence-corrected chi connectivity index (χ2v) is 11.6. The Balaban J connectivity index is 1.52. The van der Waals surface area contributed by atoms with Crippen molar-refractivity contribution in [3.63, 3.8) is 0 Å². The van der Waals surface area contributed by atoms with Crippen molar-refractivity contribution in [2.45, 2.75) is 38.3 Å². The minimum absolute atomic E-state index is 0.130. The maximum atomic E-state index is 13.0. The Labute approximate surface area is 215 Å². The van der Waals surface area contributed by atoms with E-state index < -0.39 is 21.8 Å². The highest BCUT2D eigenvalue weighted by Crippen LogP contribution is 2.37. The van der Waals surface area contributed by atoms with E-state index in [0.717, 1.165) is 23.5 Å². The van der Waals surface area contributed by atoms with E-state index >= 15 is 0 Å². The van der Waals surface area contributed by atoms with E-state index in [-0.39, 0.29) is 4.90 Å². The summed E-state index contributed by atoms with van der Waals surface area (Å²) in [5.41, 5.74) is 8.48. The first-order valence-corrected chi connectivity index (χ1v) is 14.1. The van der Waals surface area contributed by atoms with E-state index in [1.807, 2.05) is 18.2 Å². The van der Waals surface area contributed by atoms with Gasteiger partial charge in [-0.05, 0) is 41.8 Å². The summed E-state index contributed by atoms with van der Waals surface area (Å²) in [7, 11) is -3.61. The fraction of sp³-hybridized carbons (Fsp3) is 0.308. The number of carbonyl (C=O) groups is 2. The SMILES string of the molecule is CCN(CC)S(=O)(=O)c1ccc(C(=O)Nc2sc3c(c2C(N)=O)CCN(Cc2ccccc2)C3)cc1. The number of benzene rings is 2. The minimum Gasteiger partial charge on any atom is -0.365 e. The molecular weight excluding hydrogens is 496 g/mol. The molecule has 0 atom stereocenters. The second-order valence-electron chi connectivity index (χ2n) is 8.59. The molecule has 0 saturated carbocycles. The molecule has 0 fully saturated rings. The molecule has 0 saturated heterocycles. The molecule has 0 bridgehead atoms. The molecule has 3 aromatic rings. The first kappa shape index (κ1) is 26.0. The van der Waals surface area contributed by atoms with Gasteiger partial charge in [-0.1, -0.05) is 44.2 Å². The summed E-state index contributed by atoms with van der Waals surface area (Å²) in [5, 5.41) is 3.26. The van der Waals surface area contributed by atoms with Crippen molar-refractivity contribution < 1.29 is 18.0 Å². The highest BCUT2D eigenvalue weighted by atomic mass is 32.2. The molecule has 2 heterocycles. The van der Waals surface area contributed by atoms with Crippen LogP contribution in [0.2, 0.25) is 0 Å². The molecule has 0 aliphatic carbocycles. The van der Waals surface area contributed by atoms with Gasteiger partial charge in [0.25, 0.3) is 11.8 Å². The number of hydrogen-bond donors (Lipinski definition) is 2. The average molecular weight is 527 g/mol. The number of amides is 2. The van der Waals surface area contributed by atoms with Crippen molar-refractivity contribution in [2.24, 2.45) is 5.73 Å². The van der Waals surface area contributed by atoms with Gasteiger partial charge in [0.2, 0.25) is 10.0 Å². The summed E-state index contributed by atoms with van der Waals surface area (Å²) in [6.45, 7) is 6.54. The Morgan fingerprint density at radius 3 is 2.33 bits per heavy atom. The Hall–Kier alpha value is -3.05. The number of nitrogens with zero attached hydrogens (tertiary/aromatic N) is 2. The van der Waals surface area contributed by atoms with Crippen LogP contribution in [0.3, 0.4) is 0 Å². The molecule has 2 aromatic carbocycles. The van der Waals surface area contributed by atoms with E-state index in [4.69, 9.17) is 5.73 Å². The van der Waals surface area contributed by atoms with Crippen LogP contribution in [-0.4, -0.2) is 49.1 Å². The lowest BCUT2D eigenvalue weighted by atomic mass is 10.0. The molecule has 1 aliphatic rings. The normalized spacial score (nSPS) is 14.0. The van der Waals surface area contributed by atoms with Gasteiger partial charge in [-0.2, -0.15) is 4.31 Å². The molecular formula is C26H30N4O4S2. The van der Waals surface area contributed by atoms with Crippen LogP contribution >= 0.6 is 11.3 Å². The Bertz CT molecular complexity index is 1350. The molecule has 1 aliphatic heterocycles. The number of anilines is 1. The molecule has 0 radical (unpaired) electrons. The average Bonchev–Trinajstić information content (AvgIpc) is 3.22. The zero-order valence-electron chi connectivity index (χ0n) is 20.4. The summed E-state index contributed by atoms with van der Waals surface area (Å²) in [6.07, 6.45) is 0.671. The van der Waals surface area contributed by atoms with Crippen LogP contribution in [0.5, 0.6) is 0 Å². The number of nitrogens with two attached hydrogens (primary N) is 1. The molecule has 1 aromatic heterocycles. The van der Waals surface area contributed by atoms with Crippen molar-refractivity contribution in [3.8, 4) is 0 Å². The van der Waals surface area contributed by atoms with Crippen LogP contribution in [0.25, 0.3) is 0 Å². The fourth-order valence-electron chi connectivity index (χ4n) is 4.45. The fourth-order valence-corrected chi connectivity index (χ4v) is 7.20. The minimum atomic E-state index is -3.61. The van der Waals surface area contributed by atoms with Gasteiger partial charge < -0.3 is 11.1 Å². The van der Waals surface area contributed by atoms with Gasteiger partial charge in [0.1, 0.15) is 5.00 Å². The summed E-state index contributed by atoms with van der Waals surface area (Å²) in [6, 6.07) is 16.0. The molecule has 2 amide bonds. The number of fused-ring (bicyclic) bond motifs is 1. The van der Waals surface area contributed by atoms with E-state index in [0.29, 0.717) is 42.2 Å². The van der Waals surface area contributed by atoms with E-state index in [9.17, 15) is 18.0 Å². The number of rotatable bonds is 9. The summed E-state index contributed by atoms with van der Waals surface area (Å²) < 4.78 is 26.8. The Kier molecular flexibility index (Phi) is 7.89. The van der Waals surface area contributed by atoms with Gasteiger partial charge in [-0.3, -0.25) is 14.5 Å². The van der Waals surface area contributed by atoms with Crippen LogP contribution in [-0.2, 0) is 29.5 Å². The summed E-state index contributed by atoms with van der Waals surface area (Å²) in [4.78, 5) is 28.8. The summed E-state index contributed by atoms with van der Waals surface area (Å²) >= 11 is 1.37. The third kappa shape index (κ3) is 5.36. The first-order valence-electron chi connectivity index (χ1n) is 11.9. The van der Waals surface area contributed by atoms with E-state index in [1.165, 1.54) is 45.5 Å². The maximum absolute atomic E-state index is 13.0. The second kappa shape index (κ2) is 10.9. The summed E-state index contributed by atoms with van der Waals surface area (Å²) in [5.74, 6) is -0.996. The number of sulfonamides is 1. The van der Waals surface area contributed by atoms with Gasteiger partial charge in [-0.25, -0.2) is 8.42 Å². The molecule has 0 unspecified atom stereocenters. The lowest BCUT2D eigenvalue weighted by molar-refractivity contribution is 0.0999. The topological polar surface area (TPSA) is 113 Å². The van der Waals surface area contributed by atoms with E-state index in [2.05, 4.69) is 22.3 Å². The third-order valence-electron chi connectivity index (χ3n) is 6.32. The predicted octanol–water partition coefficient (Wildman–Crippen LogP) is 3.69. The lowest BCUT2D eigenvalue weighted by Gasteiger charge is -2.27. The van der Waals surface area contributed by atoms with Gasteiger partial charge in [-0.15, -0.1) is 11.3 Å². The van der Waals surface area contributed by atoms with Crippen LogP contribution in [0, 0.1) is 0 Å². The molecule has 0 spiro atoms.